The van der Waals surface area contributed by atoms with Crippen LogP contribution in [-0.4, -0.2) is 10.5 Å². The van der Waals surface area contributed by atoms with Crippen LogP contribution in [0.3, 0.4) is 0 Å². The largest absolute Gasteiger partial charge is 0.276 e. The van der Waals surface area contributed by atoms with Crippen LogP contribution in [0.4, 0.5) is 0 Å². The maximum absolute atomic E-state index is 10.9. The predicted molar refractivity (Wildman–Crippen MR) is 61.8 cm³/mol. The lowest BCUT2D eigenvalue weighted by Crippen LogP contribution is -1.98. The minimum Gasteiger partial charge on any atom is -0.276 e. The molecule has 0 aliphatic heterocycles. The van der Waals surface area contributed by atoms with Crippen LogP contribution >= 0.6 is 58.0 Å². The van der Waals surface area contributed by atoms with Gasteiger partial charge in [-0.15, -0.1) is 0 Å². The first-order chi connectivity index (χ1) is 6.86. The molecule has 0 aliphatic carbocycles. The Hall–Kier alpha value is 0.01000. The first kappa shape index (κ1) is 13.1. The average molecular weight is 306 g/mol. The minimum atomic E-state index is -0.861. The molecule has 1 aromatic rings. The third-order valence-electron chi connectivity index (χ3n) is 1.57. The van der Waals surface area contributed by atoms with E-state index in [1.54, 1.807) is 0 Å². The molecule has 0 bridgehead atoms. The zero-order valence-corrected chi connectivity index (χ0v) is 10.6. The second kappa shape index (κ2) is 4.89. The molecule has 2 nitrogen and oxygen atoms in total. The normalized spacial score (nSPS) is 10.2. The Kier molecular flexibility index (Phi) is 4.27. The number of halogens is 5. The van der Waals surface area contributed by atoms with Gasteiger partial charge in [-0.2, -0.15) is 0 Å². The second-order valence-corrected chi connectivity index (χ2v) is 4.31. The highest BCUT2D eigenvalue weighted by molar-refractivity contribution is 6.71. The molecule has 0 atom stereocenters. The Balaban J connectivity index is 3.58. The van der Waals surface area contributed by atoms with Gasteiger partial charge >= 0.3 is 0 Å². The van der Waals surface area contributed by atoms with Crippen molar-refractivity contribution in [2.45, 2.75) is 0 Å². The summed E-state index contributed by atoms with van der Waals surface area (Å²) in [5.41, 5.74) is -0.221. The maximum Gasteiger partial charge on any atom is 0.255 e. The van der Waals surface area contributed by atoms with Gasteiger partial charge in [-0.1, -0.05) is 34.8 Å². The van der Waals surface area contributed by atoms with E-state index in [-0.39, 0.29) is 26.2 Å². The van der Waals surface area contributed by atoms with E-state index < -0.39 is 10.5 Å². The summed E-state index contributed by atoms with van der Waals surface area (Å²) in [6, 6.07) is 1.14. The summed E-state index contributed by atoms with van der Waals surface area (Å²) in [4.78, 5) is 21.8. The number of rotatable bonds is 2. The van der Waals surface area contributed by atoms with Gasteiger partial charge in [-0.05, 0) is 29.3 Å². The smallest absolute Gasteiger partial charge is 0.255 e. The molecule has 0 amide bonds. The first-order valence-electron chi connectivity index (χ1n) is 3.43. The highest BCUT2D eigenvalue weighted by Crippen LogP contribution is 2.36. The number of benzene rings is 1. The van der Waals surface area contributed by atoms with E-state index in [9.17, 15) is 9.59 Å². The van der Waals surface area contributed by atoms with Crippen LogP contribution in [0.15, 0.2) is 6.07 Å². The van der Waals surface area contributed by atoms with Gasteiger partial charge < -0.3 is 0 Å². The Bertz CT molecular complexity index is 455. The monoisotopic (exact) mass is 304 g/mol. The van der Waals surface area contributed by atoms with Crippen LogP contribution in [0, 0.1) is 0 Å². The van der Waals surface area contributed by atoms with Crippen LogP contribution < -0.4 is 0 Å². The third kappa shape index (κ3) is 2.58. The van der Waals surface area contributed by atoms with Crippen molar-refractivity contribution in [1.82, 2.24) is 0 Å². The van der Waals surface area contributed by atoms with Crippen LogP contribution in [0.1, 0.15) is 20.7 Å². The molecule has 0 unspecified atom stereocenters. The highest BCUT2D eigenvalue weighted by Gasteiger charge is 2.21. The minimum absolute atomic E-state index is 0.0741. The fraction of sp³-hybridized carbons (Fsp3) is 0. The Morgan fingerprint density at radius 1 is 0.933 bits per heavy atom. The van der Waals surface area contributed by atoms with Gasteiger partial charge in [0.2, 0.25) is 0 Å². The van der Waals surface area contributed by atoms with Crippen molar-refractivity contribution in [3.8, 4) is 0 Å². The quantitative estimate of drug-likeness (QED) is 0.599. The molecule has 1 rings (SSSR count). The molecule has 0 saturated carbocycles. The molecule has 0 heterocycles. The van der Waals surface area contributed by atoms with Gasteiger partial charge in [-0.25, -0.2) is 0 Å². The lowest BCUT2D eigenvalue weighted by Gasteiger charge is -2.07. The number of hydrogen-bond acceptors (Lipinski definition) is 2. The van der Waals surface area contributed by atoms with Gasteiger partial charge in [0.1, 0.15) is 0 Å². The molecule has 0 spiro atoms. The van der Waals surface area contributed by atoms with Crippen molar-refractivity contribution in [1.29, 1.82) is 0 Å². The van der Waals surface area contributed by atoms with E-state index in [1.165, 1.54) is 0 Å². The van der Waals surface area contributed by atoms with Gasteiger partial charge in [-0.3, -0.25) is 9.59 Å². The zero-order valence-electron chi connectivity index (χ0n) is 6.78. The highest BCUT2D eigenvalue weighted by atomic mass is 35.5. The van der Waals surface area contributed by atoms with Gasteiger partial charge in [0.15, 0.2) is 0 Å². The van der Waals surface area contributed by atoms with E-state index >= 15 is 0 Å². The molecule has 0 N–H and O–H groups in total. The van der Waals surface area contributed by atoms with E-state index in [2.05, 4.69) is 0 Å². The van der Waals surface area contributed by atoms with E-state index in [0.717, 1.165) is 6.07 Å². The van der Waals surface area contributed by atoms with Crippen LogP contribution in [-0.2, 0) is 0 Å². The summed E-state index contributed by atoms with van der Waals surface area (Å²) in [5, 5.41) is -2.09. The topological polar surface area (TPSA) is 34.1 Å². The van der Waals surface area contributed by atoms with Crippen LogP contribution in [0.5, 0.6) is 0 Å². The van der Waals surface area contributed by atoms with Crippen molar-refractivity contribution < 1.29 is 9.59 Å². The number of hydrogen-bond donors (Lipinski definition) is 0. The first-order valence-corrected chi connectivity index (χ1v) is 5.32. The molecule has 0 aliphatic rings. The number of carbonyl (C=O) groups is 2. The van der Waals surface area contributed by atoms with Gasteiger partial charge in [0.25, 0.3) is 10.5 Å². The molecular weight excluding hydrogens is 305 g/mol. The standard InChI is InChI=1S/C8HCl5O2/c9-3-1-2(7(12)14)5(10)6(11)4(3)8(13)15/h1H. The lowest BCUT2D eigenvalue weighted by molar-refractivity contribution is 0.107. The lowest BCUT2D eigenvalue weighted by atomic mass is 10.1. The molecular formula is C8HCl5O2. The van der Waals surface area contributed by atoms with E-state index in [0.29, 0.717) is 0 Å². The van der Waals surface area contributed by atoms with Crippen LogP contribution in [0.25, 0.3) is 0 Å². The Labute approximate surface area is 110 Å². The zero-order chi connectivity index (χ0) is 11.7. The maximum atomic E-state index is 10.9. The molecule has 1 aromatic carbocycles. The average Bonchev–Trinajstić information content (AvgIpc) is 2.10. The third-order valence-corrected chi connectivity index (χ3v) is 3.12. The molecule has 0 aromatic heterocycles. The van der Waals surface area contributed by atoms with Crippen molar-refractivity contribution in [3.63, 3.8) is 0 Å². The van der Waals surface area contributed by atoms with Crippen molar-refractivity contribution in [2.24, 2.45) is 0 Å². The second-order valence-electron chi connectivity index (χ2n) is 2.46. The van der Waals surface area contributed by atoms with E-state index in [4.69, 9.17) is 58.0 Å². The summed E-state index contributed by atoms with van der Waals surface area (Å²) < 4.78 is 0. The molecule has 80 valence electrons. The summed E-state index contributed by atoms with van der Waals surface area (Å²) in [6.45, 7) is 0. The SMILES string of the molecule is O=C(Cl)c1cc(Cl)c(C(=O)Cl)c(Cl)c1Cl. The Morgan fingerprint density at radius 3 is 1.87 bits per heavy atom. The fourth-order valence-electron chi connectivity index (χ4n) is 0.918. The summed E-state index contributed by atoms with van der Waals surface area (Å²) >= 11 is 27.6. The van der Waals surface area contributed by atoms with Crippen molar-refractivity contribution in [2.75, 3.05) is 0 Å². The molecule has 0 fully saturated rings. The molecule has 7 heteroatoms. The molecule has 15 heavy (non-hydrogen) atoms. The fourth-order valence-corrected chi connectivity index (χ4v) is 2.27. The van der Waals surface area contributed by atoms with Crippen molar-refractivity contribution >= 4 is 68.5 Å². The summed E-state index contributed by atoms with van der Waals surface area (Å²) in [5.74, 6) is 0. The summed E-state index contributed by atoms with van der Waals surface area (Å²) in [7, 11) is 0. The Morgan fingerprint density at radius 2 is 1.47 bits per heavy atom. The van der Waals surface area contributed by atoms with E-state index in [1.807, 2.05) is 0 Å². The number of carbonyl (C=O) groups excluding carboxylic acids is 2. The molecule has 0 radical (unpaired) electrons. The molecule has 0 saturated heterocycles. The van der Waals surface area contributed by atoms with Crippen LogP contribution in [0.2, 0.25) is 15.1 Å². The van der Waals surface area contributed by atoms with Gasteiger partial charge in [0, 0.05) is 0 Å². The van der Waals surface area contributed by atoms with Gasteiger partial charge in [0.05, 0.1) is 26.2 Å². The summed E-state index contributed by atoms with van der Waals surface area (Å²) in [6.07, 6.45) is 0. The van der Waals surface area contributed by atoms with Crippen molar-refractivity contribution in [3.05, 3.63) is 32.3 Å². The predicted octanol–water partition coefficient (Wildman–Crippen LogP) is 4.40.